The molecule has 0 radical (unpaired) electrons. The van der Waals surface area contributed by atoms with Crippen LogP contribution in [0.5, 0.6) is 0 Å². The molecular weight excluding hydrogens is 385 g/mol. The largest absolute Gasteiger partial charge is 0.326 e. The van der Waals surface area contributed by atoms with Gasteiger partial charge < -0.3 is 15.5 Å². The van der Waals surface area contributed by atoms with Crippen LogP contribution in [0.25, 0.3) is 0 Å². The van der Waals surface area contributed by atoms with Crippen molar-refractivity contribution in [1.82, 2.24) is 10.2 Å². The Morgan fingerprint density at radius 1 is 1.11 bits per heavy atom. The Morgan fingerprint density at radius 2 is 1.78 bits per heavy atom. The van der Waals surface area contributed by atoms with Gasteiger partial charge in [-0.25, -0.2) is 4.79 Å². The molecule has 0 bridgehead atoms. The monoisotopic (exact) mass is 403 g/mol. The van der Waals surface area contributed by atoms with E-state index < -0.39 is 6.04 Å². The molecule has 3 rings (SSSR count). The highest BCUT2D eigenvalue weighted by Crippen LogP contribution is 2.35. The van der Waals surface area contributed by atoms with Gasteiger partial charge in [0, 0.05) is 28.5 Å². The van der Waals surface area contributed by atoms with Crippen LogP contribution in [0.3, 0.4) is 0 Å². The molecule has 3 amide bonds. The number of halogens is 2. The van der Waals surface area contributed by atoms with E-state index in [0.717, 1.165) is 5.56 Å². The van der Waals surface area contributed by atoms with E-state index in [4.69, 9.17) is 23.2 Å². The molecular formula is C20H19Cl2N3O2. The molecule has 1 aliphatic heterocycles. The van der Waals surface area contributed by atoms with Gasteiger partial charge in [-0.3, -0.25) is 4.79 Å². The van der Waals surface area contributed by atoms with E-state index in [2.05, 4.69) is 10.6 Å². The molecule has 1 heterocycles. The van der Waals surface area contributed by atoms with Crippen molar-refractivity contribution in [2.75, 3.05) is 12.4 Å². The SMILES string of the molecule is CC1=C(C(=O)Nc2ccc(C)cc2)C(c2ccc(Cl)cc2Cl)NC(=O)N1C. The Kier molecular flexibility index (Phi) is 5.44. The molecule has 0 saturated heterocycles. The fraction of sp³-hybridized carbons (Fsp3) is 0.200. The van der Waals surface area contributed by atoms with Crippen LogP contribution in [0.15, 0.2) is 53.7 Å². The van der Waals surface area contributed by atoms with Crippen molar-refractivity contribution in [2.24, 2.45) is 0 Å². The van der Waals surface area contributed by atoms with Crippen LogP contribution in [-0.4, -0.2) is 23.9 Å². The average Bonchev–Trinajstić information content (AvgIpc) is 2.61. The number of rotatable bonds is 3. The minimum Gasteiger partial charge on any atom is -0.326 e. The van der Waals surface area contributed by atoms with E-state index in [0.29, 0.717) is 32.6 Å². The zero-order valence-electron chi connectivity index (χ0n) is 15.1. The highest BCUT2D eigenvalue weighted by atomic mass is 35.5. The summed E-state index contributed by atoms with van der Waals surface area (Å²) < 4.78 is 0. The first kappa shape index (κ1) is 19.3. The summed E-state index contributed by atoms with van der Waals surface area (Å²) in [5, 5.41) is 6.59. The molecule has 2 aromatic carbocycles. The average molecular weight is 404 g/mol. The first-order chi connectivity index (χ1) is 12.8. The van der Waals surface area contributed by atoms with Gasteiger partial charge in [0.25, 0.3) is 5.91 Å². The number of hydrogen-bond donors (Lipinski definition) is 2. The normalized spacial score (nSPS) is 17.0. The van der Waals surface area contributed by atoms with Crippen LogP contribution >= 0.6 is 23.2 Å². The first-order valence-electron chi connectivity index (χ1n) is 8.36. The quantitative estimate of drug-likeness (QED) is 0.764. The number of urea groups is 1. The maximum atomic E-state index is 13.1. The van der Waals surface area contributed by atoms with E-state index in [9.17, 15) is 9.59 Å². The Bertz CT molecular complexity index is 939. The van der Waals surface area contributed by atoms with E-state index in [-0.39, 0.29) is 11.9 Å². The van der Waals surface area contributed by atoms with Crippen LogP contribution < -0.4 is 10.6 Å². The molecule has 0 spiro atoms. The smallest absolute Gasteiger partial charge is 0.322 e. The number of aryl methyl sites for hydroxylation is 1. The maximum absolute atomic E-state index is 13.1. The highest BCUT2D eigenvalue weighted by Gasteiger charge is 2.35. The Morgan fingerprint density at radius 3 is 2.41 bits per heavy atom. The Labute approximate surface area is 168 Å². The summed E-state index contributed by atoms with van der Waals surface area (Å²) in [6.45, 7) is 3.71. The predicted octanol–water partition coefficient (Wildman–Crippen LogP) is 4.91. The fourth-order valence-corrected chi connectivity index (χ4v) is 3.45. The first-order valence-corrected chi connectivity index (χ1v) is 9.11. The van der Waals surface area contributed by atoms with Crippen molar-refractivity contribution in [3.8, 4) is 0 Å². The van der Waals surface area contributed by atoms with Crippen LogP contribution in [-0.2, 0) is 4.79 Å². The predicted molar refractivity (Wildman–Crippen MR) is 108 cm³/mol. The van der Waals surface area contributed by atoms with Crippen LogP contribution in [0.2, 0.25) is 10.0 Å². The van der Waals surface area contributed by atoms with Gasteiger partial charge in [-0.15, -0.1) is 0 Å². The molecule has 2 N–H and O–H groups in total. The minimum atomic E-state index is -0.677. The number of allylic oxidation sites excluding steroid dienone is 1. The van der Waals surface area contributed by atoms with Crippen molar-refractivity contribution in [1.29, 1.82) is 0 Å². The molecule has 0 fully saturated rings. The number of amides is 3. The summed E-state index contributed by atoms with van der Waals surface area (Å²) >= 11 is 12.3. The second-order valence-electron chi connectivity index (χ2n) is 6.43. The topological polar surface area (TPSA) is 61.4 Å². The van der Waals surface area contributed by atoms with E-state index in [1.165, 1.54) is 4.90 Å². The zero-order chi connectivity index (χ0) is 19.7. The lowest BCUT2D eigenvalue weighted by Crippen LogP contribution is -2.46. The molecule has 0 saturated carbocycles. The molecule has 5 nitrogen and oxygen atoms in total. The summed E-state index contributed by atoms with van der Waals surface area (Å²) in [4.78, 5) is 26.8. The van der Waals surface area contributed by atoms with Gasteiger partial charge in [0.15, 0.2) is 0 Å². The van der Waals surface area contributed by atoms with Gasteiger partial charge in [-0.2, -0.15) is 0 Å². The third-order valence-electron chi connectivity index (χ3n) is 4.58. The lowest BCUT2D eigenvalue weighted by Gasteiger charge is -2.34. The van der Waals surface area contributed by atoms with Gasteiger partial charge in [-0.1, -0.05) is 47.0 Å². The van der Waals surface area contributed by atoms with Crippen LogP contribution in [0.4, 0.5) is 10.5 Å². The standard InChI is InChI=1S/C20H19Cl2N3O2/c1-11-4-7-14(8-5-11)23-19(26)17-12(2)25(3)20(27)24-18(17)15-9-6-13(21)10-16(15)22/h4-10,18H,1-3H3,(H,23,26)(H,24,27). The molecule has 140 valence electrons. The van der Waals surface area contributed by atoms with Crippen LogP contribution in [0.1, 0.15) is 24.1 Å². The van der Waals surface area contributed by atoms with Gasteiger partial charge in [0.2, 0.25) is 0 Å². The number of nitrogens with one attached hydrogen (secondary N) is 2. The molecule has 0 aromatic heterocycles. The third-order valence-corrected chi connectivity index (χ3v) is 5.14. The molecule has 0 aliphatic carbocycles. The summed E-state index contributed by atoms with van der Waals surface area (Å²) in [5.74, 6) is -0.306. The van der Waals surface area contributed by atoms with Gasteiger partial charge in [0.1, 0.15) is 0 Å². The molecule has 1 aliphatic rings. The molecule has 1 atom stereocenters. The molecule has 2 aromatic rings. The third kappa shape index (κ3) is 3.94. The van der Waals surface area contributed by atoms with Gasteiger partial charge in [0.05, 0.1) is 11.6 Å². The summed E-state index contributed by atoms with van der Waals surface area (Å²) in [6.07, 6.45) is 0. The second-order valence-corrected chi connectivity index (χ2v) is 7.27. The number of hydrogen-bond acceptors (Lipinski definition) is 2. The number of anilines is 1. The molecule has 7 heteroatoms. The van der Waals surface area contributed by atoms with Crippen molar-refractivity contribution >= 4 is 40.8 Å². The van der Waals surface area contributed by atoms with E-state index in [1.54, 1.807) is 32.2 Å². The van der Waals surface area contributed by atoms with Crippen molar-refractivity contribution in [2.45, 2.75) is 19.9 Å². The number of carbonyl (C=O) groups excluding carboxylic acids is 2. The number of benzene rings is 2. The van der Waals surface area contributed by atoms with Crippen molar-refractivity contribution in [3.05, 3.63) is 74.9 Å². The van der Waals surface area contributed by atoms with Gasteiger partial charge in [-0.05, 0) is 43.7 Å². The Balaban J connectivity index is 2.02. The number of carbonyl (C=O) groups is 2. The van der Waals surface area contributed by atoms with E-state index in [1.807, 2.05) is 31.2 Å². The summed E-state index contributed by atoms with van der Waals surface area (Å²) in [5.41, 5.74) is 3.35. The summed E-state index contributed by atoms with van der Waals surface area (Å²) in [7, 11) is 1.61. The molecule has 27 heavy (non-hydrogen) atoms. The highest BCUT2D eigenvalue weighted by molar-refractivity contribution is 6.35. The van der Waals surface area contributed by atoms with Crippen LogP contribution in [0, 0.1) is 6.92 Å². The van der Waals surface area contributed by atoms with E-state index >= 15 is 0 Å². The minimum absolute atomic E-state index is 0.306. The van der Waals surface area contributed by atoms with Crippen molar-refractivity contribution < 1.29 is 9.59 Å². The van der Waals surface area contributed by atoms with Gasteiger partial charge >= 0.3 is 6.03 Å². The lowest BCUT2D eigenvalue weighted by molar-refractivity contribution is -0.113. The second kappa shape index (κ2) is 7.62. The Hall–Kier alpha value is -2.50. The summed E-state index contributed by atoms with van der Waals surface area (Å²) in [6, 6.07) is 11.5. The fourth-order valence-electron chi connectivity index (χ4n) is 2.93. The molecule has 1 unspecified atom stereocenters. The lowest BCUT2D eigenvalue weighted by atomic mass is 9.94. The zero-order valence-corrected chi connectivity index (χ0v) is 16.7. The maximum Gasteiger partial charge on any atom is 0.322 e. The number of nitrogens with zero attached hydrogens (tertiary/aromatic N) is 1. The van der Waals surface area contributed by atoms with Crippen molar-refractivity contribution in [3.63, 3.8) is 0 Å².